The minimum absolute atomic E-state index is 0.188. The van der Waals surface area contributed by atoms with Crippen molar-refractivity contribution < 1.29 is 9.59 Å². The van der Waals surface area contributed by atoms with E-state index in [4.69, 9.17) is 5.73 Å². The van der Waals surface area contributed by atoms with Gasteiger partial charge in [0.15, 0.2) is 0 Å². The van der Waals surface area contributed by atoms with Gasteiger partial charge in [-0.1, -0.05) is 17.7 Å². The first-order chi connectivity index (χ1) is 7.49. The fourth-order valence-electron chi connectivity index (χ4n) is 1.18. The van der Waals surface area contributed by atoms with Crippen molar-refractivity contribution in [3.8, 4) is 0 Å². The average molecular weight is 238 g/mol. The van der Waals surface area contributed by atoms with E-state index in [1.54, 1.807) is 0 Å². The van der Waals surface area contributed by atoms with Crippen molar-refractivity contribution in [2.75, 3.05) is 5.75 Å². The smallest absolute Gasteiger partial charge is 0.318 e. The lowest BCUT2D eigenvalue weighted by atomic mass is 10.2. The summed E-state index contributed by atoms with van der Waals surface area (Å²) in [4.78, 5) is 22.7. The topological polar surface area (TPSA) is 72.2 Å². The number of thioether (sulfide) groups is 1. The van der Waals surface area contributed by atoms with Crippen LogP contribution in [0.2, 0.25) is 0 Å². The third-order valence-corrected chi connectivity index (χ3v) is 3.12. The lowest BCUT2D eigenvalue weighted by molar-refractivity contribution is -0.117. The summed E-state index contributed by atoms with van der Waals surface area (Å²) in [7, 11) is 0. The second-order valence-electron chi connectivity index (χ2n) is 3.47. The van der Waals surface area contributed by atoms with E-state index in [1.807, 2.05) is 37.4 Å². The van der Waals surface area contributed by atoms with Crippen molar-refractivity contribution in [2.24, 2.45) is 5.73 Å². The number of nitrogens with one attached hydrogen (secondary N) is 1. The quantitative estimate of drug-likeness (QED) is 0.785. The lowest BCUT2D eigenvalue weighted by Gasteiger charge is -2.06. The van der Waals surface area contributed by atoms with Crippen LogP contribution in [0.25, 0.3) is 0 Å². The molecule has 0 atom stereocenters. The summed E-state index contributed by atoms with van der Waals surface area (Å²) in [6, 6.07) is 5.22. The molecular weight excluding hydrogens is 224 g/mol. The van der Waals surface area contributed by atoms with Gasteiger partial charge in [-0.2, -0.15) is 0 Å². The number of aryl methyl sites for hydroxylation is 2. The Morgan fingerprint density at radius 1 is 1.38 bits per heavy atom. The molecule has 0 heterocycles. The largest absolute Gasteiger partial charge is 0.351 e. The molecule has 0 aliphatic rings. The Kier molecular flexibility index (Phi) is 4.37. The molecule has 0 saturated carbocycles. The van der Waals surface area contributed by atoms with Crippen molar-refractivity contribution in [3.05, 3.63) is 29.3 Å². The summed E-state index contributed by atoms with van der Waals surface area (Å²) in [5.41, 5.74) is 7.09. The zero-order chi connectivity index (χ0) is 12.1. The molecule has 5 heteroatoms. The monoisotopic (exact) mass is 238 g/mol. The van der Waals surface area contributed by atoms with E-state index in [0.717, 1.165) is 16.0 Å². The van der Waals surface area contributed by atoms with Gasteiger partial charge in [0.25, 0.3) is 0 Å². The minimum Gasteiger partial charge on any atom is -0.351 e. The predicted molar refractivity (Wildman–Crippen MR) is 64.4 cm³/mol. The van der Waals surface area contributed by atoms with Gasteiger partial charge in [0, 0.05) is 4.90 Å². The first-order valence-corrected chi connectivity index (χ1v) is 5.77. The number of imide groups is 1. The minimum atomic E-state index is -0.813. The van der Waals surface area contributed by atoms with Gasteiger partial charge in [-0.25, -0.2) is 4.79 Å². The number of carbonyl (C=O) groups is 2. The first-order valence-electron chi connectivity index (χ1n) is 4.78. The highest BCUT2D eigenvalue weighted by atomic mass is 32.2. The van der Waals surface area contributed by atoms with Gasteiger partial charge in [0.2, 0.25) is 5.91 Å². The maximum atomic E-state index is 11.2. The summed E-state index contributed by atoms with van der Waals surface area (Å²) in [5.74, 6) is -0.189. The number of rotatable bonds is 3. The van der Waals surface area contributed by atoms with Crippen LogP contribution in [0, 0.1) is 13.8 Å². The van der Waals surface area contributed by atoms with E-state index in [1.165, 1.54) is 11.8 Å². The summed E-state index contributed by atoms with van der Waals surface area (Å²) in [5, 5.41) is 2.03. The van der Waals surface area contributed by atoms with Crippen LogP contribution in [-0.2, 0) is 4.79 Å². The second-order valence-corrected chi connectivity index (χ2v) is 4.49. The third-order valence-electron chi connectivity index (χ3n) is 1.97. The Labute approximate surface area is 98.6 Å². The Morgan fingerprint density at radius 3 is 2.69 bits per heavy atom. The molecule has 16 heavy (non-hydrogen) atoms. The van der Waals surface area contributed by atoms with E-state index < -0.39 is 6.03 Å². The molecule has 4 nitrogen and oxygen atoms in total. The molecule has 3 N–H and O–H groups in total. The van der Waals surface area contributed by atoms with Crippen LogP contribution in [0.3, 0.4) is 0 Å². The van der Waals surface area contributed by atoms with E-state index in [-0.39, 0.29) is 11.7 Å². The van der Waals surface area contributed by atoms with Crippen molar-refractivity contribution in [1.29, 1.82) is 0 Å². The van der Waals surface area contributed by atoms with Crippen LogP contribution >= 0.6 is 11.8 Å². The van der Waals surface area contributed by atoms with Crippen molar-refractivity contribution in [1.82, 2.24) is 5.32 Å². The highest BCUT2D eigenvalue weighted by molar-refractivity contribution is 8.00. The molecule has 3 amide bonds. The zero-order valence-corrected chi connectivity index (χ0v) is 10.1. The van der Waals surface area contributed by atoms with Crippen molar-refractivity contribution in [2.45, 2.75) is 18.7 Å². The molecule has 0 aliphatic carbocycles. The number of hydrogen-bond acceptors (Lipinski definition) is 3. The molecule has 0 bridgehead atoms. The third kappa shape index (κ3) is 3.94. The van der Waals surface area contributed by atoms with Gasteiger partial charge in [-0.05, 0) is 25.5 Å². The Balaban J connectivity index is 2.57. The van der Waals surface area contributed by atoms with Gasteiger partial charge < -0.3 is 5.73 Å². The van der Waals surface area contributed by atoms with Crippen molar-refractivity contribution in [3.63, 3.8) is 0 Å². The molecule has 1 aromatic rings. The average Bonchev–Trinajstić information content (AvgIpc) is 2.18. The molecular formula is C11H14N2O2S. The summed E-state index contributed by atoms with van der Waals surface area (Å²) in [6.07, 6.45) is 0. The fraction of sp³-hybridized carbons (Fsp3) is 0.273. The molecule has 0 saturated heterocycles. The number of amides is 3. The molecule has 0 aromatic heterocycles. The van der Waals surface area contributed by atoms with Gasteiger partial charge >= 0.3 is 6.03 Å². The van der Waals surface area contributed by atoms with Gasteiger partial charge in [0.1, 0.15) is 0 Å². The number of primary amides is 1. The van der Waals surface area contributed by atoms with E-state index >= 15 is 0 Å². The van der Waals surface area contributed by atoms with Gasteiger partial charge in [-0.3, -0.25) is 10.1 Å². The lowest BCUT2D eigenvalue weighted by Crippen LogP contribution is -2.36. The number of urea groups is 1. The molecule has 0 spiro atoms. The Hall–Kier alpha value is -1.49. The second kappa shape index (κ2) is 5.55. The van der Waals surface area contributed by atoms with E-state index in [0.29, 0.717) is 0 Å². The van der Waals surface area contributed by atoms with Crippen LogP contribution in [0.4, 0.5) is 4.79 Å². The zero-order valence-electron chi connectivity index (χ0n) is 9.24. The fourth-order valence-corrected chi connectivity index (χ4v) is 2.10. The summed E-state index contributed by atoms with van der Waals surface area (Å²) in [6.45, 7) is 3.97. The van der Waals surface area contributed by atoms with E-state index in [2.05, 4.69) is 0 Å². The number of hydrogen-bond donors (Lipinski definition) is 2. The highest BCUT2D eigenvalue weighted by Crippen LogP contribution is 2.23. The molecule has 0 radical (unpaired) electrons. The van der Waals surface area contributed by atoms with Crippen LogP contribution in [0.1, 0.15) is 11.1 Å². The van der Waals surface area contributed by atoms with Gasteiger partial charge in [-0.15, -0.1) is 11.8 Å². The molecule has 86 valence electrons. The normalized spacial score (nSPS) is 9.88. The Morgan fingerprint density at radius 2 is 2.06 bits per heavy atom. The molecule has 0 aliphatic heterocycles. The Bertz CT molecular complexity index is 418. The number of benzene rings is 1. The predicted octanol–water partition coefficient (Wildman–Crippen LogP) is 1.59. The number of carbonyl (C=O) groups excluding carboxylic acids is 2. The summed E-state index contributed by atoms with van der Waals surface area (Å²) < 4.78 is 0. The molecule has 1 rings (SSSR count). The van der Waals surface area contributed by atoms with Crippen LogP contribution in [0.5, 0.6) is 0 Å². The van der Waals surface area contributed by atoms with Crippen molar-refractivity contribution >= 4 is 23.7 Å². The maximum absolute atomic E-state index is 11.2. The van der Waals surface area contributed by atoms with Crippen LogP contribution in [-0.4, -0.2) is 17.7 Å². The maximum Gasteiger partial charge on any atom is 0.318 e. The number of nitrogens with two attached hydrogens (primary N) is 1. The summed E-state index contributed by atoms with van der Waals surface area (Å²) >= 11 is 1.39. The standard InChI is InChI=1S/C11H14N2O2S/c1-7-3-4-8(2)9(5-7)16-6-10(14)13-11(12)15/h3-5H,6H2,1-2H3,(H3,12,13,14,15). The first kappa shape index (κ1) is 12.6. The van der Waals surface area contributed by atoms with Gasteiger partial charge in [0.05, 0.1) is 5.75 Å². The van der Waals surface area contributed by atoms with Crippen LogP contribution in [0.15, 0.2) is 23.1 Å². The van der Waals surface area contributed by atoms with E-state index in [9.17, 15) is 9.59 Å². The molecule has 0 unspecified atom stereocenters. The van der Waals surface area contributed by atoms with Crippen LogP contribution < -0.4 is 11.1 Å². The molecule has 1 aromatic carbocycles. The molecule has 0 fully saturated rings. The highest BCUT2D eigenvalue weighted by Gasteiger charge is 2.06. The SMILES string of the molecule is Cc1ccc(C)c(SCC(=O)NC(N)=O)c1.